The van der Waals surface area contributed by atoms with Crippen molar-refractivity contribution in [3.05, 3.63) is 36.0 Å². The average molecular weight is 393 g/mol. The van der Waals surface area contributed by atoms with Gasteiger partial charge in [-0.2, -0.15) is 0 Å². The van der Waals surface area contributed by atoms with E-state index in [1.54, 1.807) is 24.0 Å². The third-order valence-electron chi connectivity index (χ3n) is 3.64. The minimum Gasteiger partial charge on any atom is -0.455 e. The van der Waals surface area contributed by atoms with Crippen LogP contribution in [0.25, 0.3) is 0 Å². The molecule has 1 atom stereocenters. The second-order valence-corrected chi connectivity index (χ2v) is 6.33. The summed E-state index contributed by atoms with van der Waals surface area (Å²) in [7, 11) is 1.95. The number of furan rings is 1. The van der Waals surface area contributed by atoms with Crippen LogP contribution in [0.1, 0.15) is 29.2 Å². The normalized spacial score (nSPS) is 16.8. The fraction of sp³-hybridized carbons (Fsp3) is 0.467. The Morgan fingerprint density at radius 3 is 3.00 bits per heavy atom. The molecular weight excluding hydrogens is 371 g/mol. The molecule has 6 nitrogen and oxygen atoms in total. The Morgan fingerprint density at radius 2 is 2.33 bits per heavy atom. The Bertz CT molecular complexity index is 641. The van der Waals surface area contributed by atoms with Crippen LogP contribution in [0.2, 0.25) is 0 Å². The van der Waals surface area contributed by atoms with Crippen LogP contribution < -0.4 is 10.6 Å². The number of amides is 1. The number of aromatic nitrogens is 2. The Kier molecular flexibility index (Phi) is 8.69. The maximum atomic E-state index is 12.2. The van der Waals surface area contributed by atoms with Crippen LogP contribution in [0.5, 0.6) is 0 Å². The van der Waals surface area contributed by atoms with Gasteiger partial charge in [-0.15, -0.1) is 24.8 Å². The van der Waals surface area contributed by atoms with Gasteiger partial charge in [-0.3, -0.25) is 4.79 Å². The summed E-state index contributed by atoms with van der Waals surface area (Å²) in [6, 6.07) is 3.78. The molecule has 2 N–H and O–H groups in total. The molecule has 0 aliphatic carbocycles. The first-order chi connectivity index (χ1) is 10.7. The zero-order chi connectivity index (χ0) is 15.4. The molecule has 1 aliphatic rings. The number of aryl methyl sites for hydroxylation is 1. The Labute approximate surface area is 158 Å². The third-order valence-corrected chi connectivity index (χ3v) is 4.72. The van der Waals surface area contributed by atoms with E-state index < -0.39 is 0 Å². The highest BCUT2D eigenvalue weighted by Gasteiger charge is 2.18. The first kappa shape index (κ1) is 20.9. The first-order valence-electron chi connectivity index (χ1n) is 7.43. The number of rotatable bonds is 5. The summed E-state index contributed by atoms with van der Waals surface area (Å²) in [5.74, 6) is 1.67. The summed E-state index contributed by atoms with van der Waals surface area (Å²) < 4.78 is 7.59. The van der Waals surface area contributed by atoms with Gasteiger partial charge in [0.1, 0.15) is 5.76 Å². The van der Waals surface area contributed by atoms with E-state index in [0.717, 1.165) is 36.8 Å². The van der Waals surface area contributed by atoms with E-state index in [4.69, 9.17) is 4.42 Å². The molecule has 24 heavy (non-hydrogen) atoms. The van der Waals surface area contributed by atoms with Crippen molar-refractivity contribution in [2.45, 2.75) is 29.8 Å². The predicted octanol–water partition coefficient (Wildman–Crippen LogP) is 2.63. The summed E-state index contributed by atoms with van der Waals surface area (Å²) in [5.41, 5.74) is 0. The monoisotopic (exact) mass is 392 g/mol. The van der Waals surface area contributed by atoms with Gasteiger partial charge >= 0.3 is 0 Å². The zero-order valence-corrected chi connectivity index (χ0v) is 15.8. The highest BCUT2D eigenvalue weighted by molar-refractivity contribution is 7.98. The van der Waals surface area contributed by atoms with E-state index in [1.807, 2.05) is 23.9 Å². The van der Waals surface area contributed by atoms with Crippen LogP contribution in [0.3, 0.4) is 0 Å². The maximum Gasteiger partial charge on any atom is 0.287 e. The van der Waals surface area contributed by atoms with E-state index in [-0.39, 0.29) is 36.8 Å². The highest BCUT2D eigenvalue weighted by Crippen LogP contribution is 2.22. The standard InChI is InChI=1S/C15H20N4O2S.2ClH/c1-19-8-7-17-15(19)22-10-12-4-5-13(21-12)14(20)18-11-3-2-6-16-9-11;;/h4-5,7-8,11,16H,2-3,6,9-10H2,1H3,(H,18,20);2*1H/t11-;;/m0../s1. The van der Waals surface area contributed by atoms with Crippen molar-refractivity contribution in [3.8, 4) is 0 Å². The topological polar surface area (TPSA) is 72.1 Å². The van der Waals surface area contributed by atoms with Crippen LogP contribution in [0.4, 0.5) is 0 Å². The molecule has 1 aliphatic heterocycles. The molecule has 3 rings (SSSR count). The lowest BCUT2D eigenvalue weighted by molar-refractivity contribution is 0.0901. The molecule has 0 unspecified atom stereocenters. The van der Waals surface area contributed by atoms with Gasteiger partial charge in [-0.05, 0) is 31.5 Å². The summed E-state index contributed by atoms with van der Waals surface area (Å²) >= 11 is 1.58. The molecule has 134 valence electrons. The number of halogens is 2. The summed E-state index contributed by atoms with van der Waals surface area (Å²) in [5, 5.41) is 7.22. The largest absolute Gasteiger partial charge is 0.455 e. The van der Waals surface area contributed by atoms with Crippen LogP contribution in [-0.4, -0.2) is 34.6 Å². The molecule has 3 heterocycles. The number of nitrogens with zero attached hydrogens (tertiary/aromatic N) is 2. The SMILES string of the molecule is Cl.Cl.Cn1ccnc1SCc1ccc(C(=O)N[C@H]2CCCNC2)o1. The molecular formula is C15H22Cl2N4O2S. The average Bonchev–Trinajstić information content (AvgIpc) is 3.15. The molecule has 1 amide bonds. The second kappa shape index (κ2) is 9.98. The van der Waals surface area contributed by atoms with Gasteiger partial charge in [0.2, 0.25) is 0 Å². The quantitative estimate of drug-likeness (QED) is 0.765. The molecule has 0 radical (unpaired) electrons. The molecule has 0 spiro atoms. The van der Waals surface area contributed by atoms with Gasteiger partial charge in [0.25, 0.3) is 5.91 Å². The van der Waals surface area contributed by atoms with Crippen LogP contribution in [0, 0.1) is 0 Å². The summed E-state index contributed by atoms with van der Waals surface area (Å²) in [6.45, 7) is 1.86. The minimum atomic E-state index is -0.137. The van der Waals surface area contributed by atoms with Crippen molar-refractivity contribution < 1.29 is 9.21 Å². The Hall–Kier alpha value is -1.15. The fourth-order valence-electron chi connectivity index (χ4n) is 2.44. The van der Waals surface area contributed by atoms with Crippen LogP contribution in [0.15, 0.2) is 34.1 Å². The third kappa shape index (κ3) is 5.44. The van der Waals surface area contributed by atoms with Gasteiger partial charge in [0.05, 0.1) is 5.75 Å². The van der Waals surface area contributed by atoms with Crippen molar-refractivity contribution in [3.63, 3.8) is 0 Å². The smallest absolute Gasteiger partial charge is 0.287 e. The van der Waals surface area contributed by atoms with Crippen molar-refractivity contribution in [2.75, 3.05) is 13.1 Å². The lowest BCUT2D eigenvalue weighted by Gasteiger charge is -2.23. The van der Waals surface area contributed by atoms with Crippen molar-refractivity contribution >= 4 is 42.5 Å². The van der Waals surface area contributed by atoms with E-state index in [2.05, 4.69) is 15.6 Å². The van der Waals surface area contributed by atoms with Crippen LogP contribution in [-0.2, 0) is 12.8 Å². The number of piperidine rings is 1. The zero-order valence-electron chi connectivity index (χ0n) is 13.4. The van der Waals surface area contributed by atoms with Gasteiger partial charge in [-0.1, -0.05) is 11.8 Å². The van der Waals surface area contributed by atoms with E-state index in [9.17, 15) is 4.79 Å². The number of nitrogens with one attached hydrogen (secondary N) is 2. The Morgan fingerprint density at radius 1 is 1.50 bits per heavy atom. The lowest BCUT2D eigenvalue weighted by atomic mass is 10.1. The molecule has 0 aromatic carbocycles. The highest BCUT2D eigenvalue weighted by atomic mass is 35.5. The molecule has 2 aromatic heterocycles. The number of imidazole rings is 1. The molecule has 1 fully saturated rings. The van der Waals surface area contributed by atoms with Gasteiger partial charge in [-0.25, -0.2) is 4.98 Å². The van der Waals surface area contributed by atoms with Gasteiger partial charge < -0.3 is 19.6 Å². The molecule has 0 bridgehead atoms. The van der Waals surface area contributed by atoms with Crippen molar-refractivity contribution in [1.82, 2.24) is 20.2 Å². The maximum absolute atomic E-state index is 12.2. The van der Waals surface area contributed by atoms with E-state index in [1.165, 1.54) is 0 Å². The van der Waals surface area contributed by atoms with Gasteiger partial charge in [0.15, 0.2) is 10.9 Å². The minimum absolute atomic E-state index is 0. The Balaban J connectivity index is 0.00000144. The first-order valence-corrected chi connectivity index (χ1v) is 8.41. The number of carbonyl (C=O) groups excluding carboxylic acids is 1. The number of hydrogen-bond donors (Lipinski definition) is 2. The lowest BCUT2D eigenvalue weighted by Crippen LogP contribution is -2.45. The van der Waals surface area contributed by atoms with Gasteiger partial charge in [0, 0.05) is 32.0 Å². The molecule has 2 aromatic rings. The number of thioether (sulfide) groups is 1. The second-order valence-electron chi connectivity index (χ2n) is 5.39. The molecule has 9 heteroatoms. The summed E-state index contributed by atoms with van der Waals surface area (Å²) in [4.78, 5) is 16.4. The molecule has 1 saturated heterocycles. The van der Waals surface area contributed by atoms with Crippen molar-refractivity contribution in [2.24, 2.45) is 7.05 Å². The summed E-state index contributed by atoms with van der Waals surface area (Å²) in [6.07, 6.45) is 5.78. The van der Waals surface area contributed by atoms with Crippen molar-refractivity contribution in [1.29, 1.82) is 0 Å². The van der Waals surface area contributed by atoms with E-state index >= 15 is 0 Å². The predicted molar refractivity (Wildman–Crippen MR) is 99.3 cm³/mol. The number of hydrogen-bond acceptors (Lipinski definition) is 5. The van der Waals surface area contributed by atoms with E-state index in [0.29, 0.717) is 11.5 Å². The van der Waals surface area contributed by atoms with Crippen LogP contribution >= 0.6 is 36.6 Å². The molecule has 0 saturated carbocycles. The fourth-order valence-corrected chi connectivity index (χ4v) is 3.26. The number of carbonyl (C=O) groups is 1.